The molecule has 4 nitrogen and oxygen atoms in total. The zero-order chi connectivity index (χ0) is 51.2. The zero-order valence-electron chi connectivity index (χ0n) is 45.7. The molecule has 0 saturated heterocycles. The second-order valence-corrected chi connectivity index (χ2v) is 19.8. The molecule has 0 atom stereocenters. The molecule has 0 spiro atoms. The Morgan fingerprint density at radius 2 is 0.466 bits per heavy atom. The van der Waals surface area contributed by atoms with Crippen molar-refractivity contribution in [3.8, 4) is 23.0 Å². The lowest BCUT2D eigenvalue weighted by atomic mass is 10.0. The fourth-order valence-electron chi connectivity index (χ4n) is 8.88. The quantitative estimate of drug-likeness (QED) is 0.0290. The van der Waals surface area contributed by atoms with Crippen LogP contribution in [-0.2, 0) is 0 Å². The second kappa shape index (κ2) is 37.1. The number of unbranched alkanes of at least 4 members (excludes halogenated alkanes) is 19. The van der Waals surface area contributed by atoms with Crippen molar-refractivity contribution in [3.63, 3.8) is 0 Å². The van der Waals surface area contributed by atoms with Crippen molar-refractivity contribution >= 4 is 48.6 Å². The van der Waals surface area contributed by atoms with Crippen LogP contribution in [0.15, 0.2) is 109 Å². The highest BCUT2D eigenvalue weighted by Crippen LogP contribution is 2.35. The van der Waals surface area contributed by atoms with Gasteiger partial charge in [0.25, 0.3) is 0 Å². The molecule has 4 heteroatoms. The summed E-state index contributed by atoms with van der Waals surface area (Å²) >= 11 is 0. The smallest absolute Gasteiger partial charge is 0.127 e. The molecule has 0 N–H and O–H groups in total. The van der Waals surface area contributed by atoms with Gasteiger partial charge in [0.1, 0.15) is 23.0 Å². The fourth-order valence-corrected chi connectivity index (χ4v) is 8.88. The standard InChI is InChI=1S/C69H92O4/c1-5-9-13-17-21-31-51-71-66-56-64(68(70-50-30-20-16-12-8-4)54-62(66)46-42-58-34-26-24-27-35-58)48-44-60-38-40-61(41-39-60)45-49-65-57-67(72-52-32-22-18-14-10-6-2)63(47-43-59-36-28-25-29-37-59)55-69(65)73-53-33-23-19-15-11-7-3/h24-29,34-49,54-57H,5-23,30-33,50-53H2,1-4H3/b46-42+,47-43+,48-44+,49-45+. The molecule has 0 heterocycles. The minimum absolute atomic E-state index is 0.692. The summed E-state index contributed by atoms with van der Waals surface area (Å²) in [5, 5.41) is 0. The molecule has 0 aliphatic carbocycles. The average molecular weight is 985 g/mol. The van der Waals surface area contributed by atoms with E-state index in [9.17, 15) is 0 Å². The Kier molecular flexibility index (Phi) is 29.5. The van der Waals surface area contributed by atoms with E-state index < -0.39 is 0 Å². The minimum atomic E-state index is 0.692. The normalized spacial score (nSPS) is 11.7. The van der Waals surface area contributed by atoms with Gasteiger partial charge in [-0.1, -0.05) is 283 Å². The van der Waals surface area contributed by atoms with Gasteiger partial charge in [0.05, 0.1) is 26.4 Å². The van der Waals surface area contributed by atoms with E-state index in [1.807, 2.05) is 0 Å². The summed E-state index contributed by atoms with van der Waals surface area (Å²) in [5.74, 6) is 3.56. The SMILES string of the molecule is CCCCCCCCOc1cc(/C=C/c2ccc(/C=C/c3cc(OCCCCCCCC)c(/C=C/c4ccccc4)cc3OCCCCCCCC)cc2)c(OCCCCCCC)cc1/C=C/c1ccccc1. The molecule has 0 amide bonds. The summed E-state index contributed by atoms with van der Waals surface area (Å²) in [6.45, 7) is 11.9. The van der Waals surface area contributed by atoms with Crippen molar-refractivity contribution in [3.05, 3.63) is 154 Å². The van der Waals surface area contributed by atoms with E-state index in [2.05, 4.69) is 185 Å². The first-order chi connectivity index (χ1) is 36.1. The Morgan fingerprint density at radius 1 is 0.247 bits per heavy atom. The number of hydrogen-bond acceptors (Lipinski definition) is 4. The van der Waals surface area contributed by atoms with Crippen LogP contribution >= 0.6 is 0 Å². The van der Waals surface area contributed by atoms with Crippen molar-refractivity contribution in [1.29, 1.82) is 0 Å². The van der Waals surface area contributed by atoms with Crippen molar-refractivity contribution in [2.45, 2.75) is 175 Å². The summed E-state index contributed by atoms with van der Waals surface area (Å²) in [4.78, 5) is 0. The number of ether oxygens (including phenoxy) is 4. The van der Waals surface area contributed by atoms with Gasteiger partial charge in [0.15, 0.2) is 0 Å². The van der Waals surface area contributed by atoms with Crippen LogP contribution in [0.3, 0.4) is 0 Å². The summed E-state index contributed by atoms with van der Waals surface area (Å²) in [6, 6.07) is 38.5. The topological polar surface area (TPSA) is 36.9 Å². The molecule has 0 aromatic heterocycles. The second-order valence-electron chi connectivity index (χ2n) is 19.8. The van der Waals surface area contributed by atoms with Gasteiger partial charge in [0.2, 0.25) is 0 Å². The van der Waals surface area contributed by atoms with Crippen LogP contribution in [0.4, 0.5) is 0 Å². The maximum atomic E-state index is 6.63. The monoisotopic (exact) mass is 985 g/mol. The van der Waals surface area contributed by atoms with E-state index in [0.29, 0.717) is 26.4 Å². The number of benzene rings is 5. The van der Waals surface area contributed by atoms with Crippen molar-refractivity contribution < 1.29 is 18.9 Å². The molecule has 392 valence electrons. The van der Waals surface area contributed by atoms with Crippen molar-refractivity contribution in [2.24, 2.45) is 0 Å². The van der Waals surface area contributed by atoms with Gasteiger partial charge in [-0.05, 0) is 72.2 Å². The Balaban J connectivity index is 1.39. The lowest BCUT2D eigenvalue weighted by molar-refractivity contribution is 0.295. The highest BCUT2D eigenvalue weighted by atomic mass is 16.5. The Bertz CT molecular complexity index is 2320. The van der Waals surface area contributed by atoms with E-state index in [-0.39, 0.29) is 0 Å². The molecule has 0 bridgehead atoms. The van der Waals surface area contributed by atoms with E-state index >= 15 is 0 Å². The Morgan fingerprint density at radius 3 is 0.712 bits per heavy atom. The van der Waals surface area contributed by atoms with Gasteiger partial charge in [-0.3, -0.25) is 0 Å². The first kappa shape index (κ1) is 58.2. The summed E-state index contributed by atoms with van der Waals surface area (Å²) in [7, 11) is 0. The molecule has 0 fully saturated rings. The fraction of sp³-hybridized carbons (Fsp3) is 0.449. The van der Waals surface area contributed by atoms with Gasteiger partial charge in [0, 0.05) is 22.3 Å². The summed E-state index contributed by atoms with van der Waals surface area (Å²) in [6.07, 6.45) is 45.5. The van der Waals surface area contributed by atoms with Gasteiger partial charge in [-0.25, -0.2) is 0 Å². The summed E-state index contributed by atoms with van der Waals surface area (Å²) < 4.78 is 26.4. The maximum absolute atomic E-state index is 6.63. The van der Waals surface area contributed by atoms with Gasteiger partial charge < -0.3 is 18.9 Å². The van der Waals surface area contributed by atoms with Crippen LogP contribution in [0.25, 0.3) is 48.6 Å². The lowest BCUT2D eigenvalue weighted by Gasteiger charge is -2.16. The van der Waals surface area contributed by atoms with E-state index in [1.54, 1.807) is 0 Å². The Labute approximate surface area is 444 Å². The van der Waals surface area contributed by atoms with Gasteiger partial charge in [-0.2, -0.15) is 0 Å². The first-order valence-electron chi connectivity index (χ1n) is 28.9. The third kappa shape index (κ3) is 23.8. The van der Waals surface area contributed by atoms with Crippen LogP contribution < -0.4 is 18.9 Å². The Hall–Kier alpha value is -5.74. The number of rotatable bonds is 39. The first-order valence-corrected chi connectivity index (χ1v) is 28.9. The van der Waals surface area contributed by atoms with Crippen LogP contribution in [0.1, 0.15) is 220 Å². The molecular weight excluding hydrogens is 893 g/mol. The van der Waals surface area contributed by atoms with E-state index in [0.717, 1.165) is 93.2 Å². The van der Waals surface area contributed by atoms with Crippen LogP contribution in [-0.4, -0.2) is 26.4 Å². The molecule has 0 unspecified atom stereocenters. The van der Waals surface area contributed by atoms with Gasteiger partial charge in [-0.15, -0.1) is 0 Å². The average Bonchev–Trinajstić information content (AvgIpc) is 3.42. The van der Waals surface area contributed by atoms with Crippen LogP contribution in [0.5, 0.6) is 23.0 Å². The zero-order valence-corrected chi connectivity index (χ0v) is 45.7. The molecule has 5 aromatic rings. The van der Waals surface area contributed by atoms with Gasteiger partial charge >= 0.3 is 0 Å². The predicted octanol–water partition coefficient (Wildman–Crippen LogP) is 20.9. The molecule has 0 radical (unpaired) electrons. The predicted molar refractivity (Wildman–Crippen MR) is 319 cm³/mol. The molecule has 0 aliphatic rings. The molecule has 0 aliphatic heterocycles. The summed E-state index contributed by atoms with van der Waals surface area (Å²) in [5.41, 5.74) is 8.68. The van der Waals surface area contributed by atoms with Crippen LogP contribution in [0.2, 0.25) is 0 Å². The molecule has 73 heavy (non-hydrogen) atoms. The molecule has 5 rings (SSSR count). The van der Waals surface area contributed by atoms with Crippen LogP contribution in [0, 0.1) is 0 Å². The molecule has 0 saturated carbocycles. The molecular formula is C69H92O4. The van der Waals surface area contributed by atoms with Crippen molar-refractivity contribution in [1.82, 2.24) is 0 Å². The van der Waals surface area contributed by atoms with E-state index in [4.69, 9.17) is 18.9 Å². The minimum Gasteiger partial charge on any atom is -0.493 e. The largest absolute Gasteiger partial charge is 0.493 e. The highest BCUT2D eigenvalue weighted by molar-refractivity contribution is 5.81. The maximum Gasteiger partial charge on any atom is 0.127 e. The lowest BCUT2D eigenvalue weighted by Crippen LogP contribution is -2.03. The van der Waals surface area contributed by atoms with E-state index in [1.165, 1.54) is 122 Å². The highest BCUT2D eigenvalue weighted by Gasteiger charge is 2.13. The van der Waals surface area contributed by atoms with Crippen molar-refractivity contribution in [2.75, 3.05) is 26.4 Å². The molecule has 5 aromatic carbocycles. The third-order valence-electron chi connectivity index (χ3n) is 13.4. The number of hydrogen-bond donors (Lipinski definition) is 0. The third-order valence-corrected chi connectivity index (χ3v) is 13.4.